The van der Waals surface area contributed by atoms with Crippen LogP contribution in [-0.4, -0.2) is 48.7 Å². The first-order valence-corrected chi connectivity index (χ1v) is 8.20. The van der Waals surface area contributed by atoms with Crippen LogP contribution in [0.15, 0.2) is 29.5 Å². The summed E-state index contributed by atoms with van der Waals surface area (Å²) in [5.74, 6) is 0.821. The highest BCUT2D eigenvalue weighted by molar-refractivity contribution is 5.79. The molecule has 2 heterocycles. The smallest absolute Gasteiger partial charge is 0.190 e. The molecule has 6 heteroatoms. The van der Waals surface area contributed by atoms with Gasteiger partial charge < -0.3 is 19.8 Å². The Morgan fingerprint density at radius 1 is 1.35 bits per heavy atom. The average molecular weight is 317 g/mol. The highest BCUT2D eigenvalue weighted by Crippen LogP contribution is 2.09. The number of aryl methyl sites for hydroxylation is 1. The molecule has 126 valence electrons. The number of aromatic nitrogens is 2. The minimum atomic E-state index is 0.769. The van der Waals surface area contributed by atoms with E-state index in [4.69, 9.17) is 4.74 Å². The van der Waals surface area contributed by atoms with Crippen LogP contribution in [0.1, 0.15) is 24.6 Å². The molecule has 0 spiro atoms. The maximum absolute atomic E-state index is 5.32. The van der Waals surface area contributed by atoms with E-state index in [-0.39, 0.29) is 0 Å². The van der Waals surface area contributed by atoms with Crippen LogP contribution < -0.4 is 10.6 Å². The Labute approximate surface area is 138 Å². The molecule has 0 saturated carbocycles. The van der Waals surface area contributed by atoms with Gasteiger partial charge in [-0.05, 0) is 31.9 Å². The van der Waals surface area contributed by atoms with Gasteiger partial charge in [-0.15, -0.1) is 0 Å². The van der Waals surface area contributed by atoms with Crippen molar-refractivity contribution in [2.24, 2.45) is 4.99 Å². The number of fused-ring (bicyclic) bond motifs is 1. The summed E-state index contributed by atoms with van der Waals surface area (Å²) >= 11 is 0. The van der Waals surface area contributed by atoms with Gasteiger partial charge in [0.05, 0.1) is 5.69 Å². The molecule has 0 bridgehead atoms. The van der Waals surface area contributed by atoms with E-state index in [1.165, 1.54) is 5.56 Å². The number of hydrogen-bond donors (Lipinski definition) is 2. The van der Waals surface area contributed by atoms with Crippen molar-refractivity contribution in [1.29, 1.82) is 0 Å². The Morgan fingerprint density at radius 2 is 2.17 bits per heavy atom. The van der Waals surface area contributed by atoms with E-state index >= 15 is 0 Å². The van der Waals surface area contributed by atoms with Crippen molar-refractivity contribution in [2.45, 2.75) is 26.7 Å². The number of aliphatic imine (C=N–C) groups is 1. The van der Waals surface area contributed by atoms with E-state index in [1.54, 1.807) is 7.05 Å². The largest absolute Gasteiger partial charge is 0.382 e. The Kier molecular flexibility index (Phi) is 6.87. The van der Waals surface area contributed by atoms with Crippen molar-refractivity contribution in [3.63, 3.8) is 0 Å². The van der Waals surface area contributed by atoms with Crippen LogP contribution in [0, 0.1) is 6.92 Å². The van der Waals surface area contributed by atoms with Gasteiger partial charge in [0, 0.05) is 52.2 Å². The molecule has 0 unspecified atom stereocenters. The summed E-state index contributed by atoms with van der Waals surface area (Å²) in [4.78, 5) is 8.90. The van der Waals surface area contributed by atoms with Gasteiger partial charge in [0.1, 0.15) is 5.65 Å². The number of hydrogen-bond acceptors (Lipinski definition) is 3. The molecule has 0 aromatic carbocycles. The molecule has 6 nitrogen and oxygen atoms in total. The highest BCUT2D eigenvalue weighted by Gasteiger charge is 2.04. The van der Waals surface area contributed by atoms with Gasteiger partial charge in [0.15, 0.2) is 5.96 Å². The third-order valence-electron chi connectivity index (χ3n) is 3.59. The minimum Gasteiger partial charge on any atom is -0.382 e. The molecule has 0 atom stereocenters. The lowest BCUT2D eigenvalue weighted by atomic mass is 10.3. The van der Waals surface area contributed by atoms with E-state index in [9.17, 15) is 0 Å². The van der Waals surface area contributed by atoms with Crippen LogP contribution in [0.3, 0.4) is 0 Å². The number of pyridine rings is 1. The van der Waals surface area contributed by atoms with Crippen molar-refractivity contribution >= 4 is 11.6 Å². The first-order valence-electron chi connectivity index (χ1n) is 8.20. The predicted octanol–water partition coefficient (Wildman–Crippen LogP) is 1.78. The lowest BCUT2D eigenvalue weighted by molar-refractivity contribution is 0.145. The first kappa shape index (κ1) is 17.3. The maximum Gasteiger partial charge on any atom is 0.190 e. The molecule has 0 aliphatic rings. The fourth-order valence-corrected chi connectivity index (χ4v) is 2.38. The number of nitrogens with zero attached hydrogens (tertiary/aromatic N) is 3. The summed E-state index contributed by atoms with van der Waals surface area (Å²) in [7, 11) is 1.78. The molecular weight excluding hydrogens is 290 g/mol. The quantitative estimate of drug-likeness (QED) is 0.442. The SMILES string of the molecule is CCOCCCNC(=NC)NCCc1cn2cccc(C)c2n1. The second-order valence-corrected chi connectivity index (χ2v) is 5.38. The van der Waals surface area contributed by atoms with Gasteiger partial charge in [0.2, 0.25) is 0 Å². The molecule has 0 aliphatic carbocycles. The molecule has 0 amide bonds. The highest BCUT2D eigenvalue weighted by atomic mass is 16.5. The third kappa shape index (κ3) is 5.25. The van der Waals surface area contributed by atoms with Crippen LogP contribution >= 0.6 is 0 Å². The number of guanidine groups is 1. The Balaban J connectivity index is 1.75. The normalized spacial score (nSPS) is 11.9. The van der Waals surface area contributed by atoms with Crippen LogP contribution in [0.5, 0.6) is 0 Å². The van der Waals surface area contributed by atoms with Gasteiger partial charge in [-0.3, -0.25) is 4.99 Å². The lowest BCUT2D eigenvalue weighted by Gasteiger charge is -2.11. The maximum atomic E-state index is 5.32. The minimum absolute atomic E-state index is 0.769. The van der Waals surface area contributed by atoms with E-state index < -0.39 is 0 Å². The molecule has 0 aliphatic heterocycles. The molecule has 2 aromatic heterocycles. The number of rotatable bonds is 8. The lowest BCUT2D eigenvalue weighted by Crippen LogP contribution is -2.39. The Hall–Kier alpha value is -2.08. The molecule has 23 heavy (non-hydrogen) atoms. The van der Waals surface area contributed by atoms with Crippen molar-refractivity contribution in [3.8, 4) is 0 Å². The summed E-state index contributed by atoms with van der Waals surface area (Å²) < 4.78 is 7.39. The van der Waals surface area contributed by atoms with E-state index in [0.717, 1.165) is 56.4 Å². The zero-order valence-electron chi connectivity index (χ0n) is 14.3. The fraction of sp³-hybridized carbons (Fsp3) is 0.529. The first-order chi connectivity index (χ1) is 11.2. The fourth-order valence-electron chi connectivity index (χ4n) is 2.38. The standard InChI is InChI=1S/C17H27N5O/c1-4-23-12-6-9-19-17(18-3)20-10-8-15-13-22-11-5-7-14(2)16(22)21-15/h5,7,11,13H,4,6,8-10,12H2,1-3H3,(H2,18,19,20). The molecule has 2 rings (SSSR count). The van der Waals surface area contributed by atoms with Gasteiger partial charge >= 0.3 is 0 Å². The Morgan fingerprint density at radius 3 is 2.91 bits per heavy atom. The van der Waals surface area contributed by atoms with Crippen molar-refractivity contribution in [2.75, 3.05) is 33.4 Å². The van der Waals surface area contributed by atoms with Crippen molar-refractivity contribution < 1.29 is 4.74 Å². The van der Waals surface area contributed by atoms with Gasteiger partial charge in [-0.1, -0.05) is 6.07 Å². The monoisotopic (exact) mass is 317 g/mol. The van der Waals surface area contributed by atoms with Crippen LogP contribution in [0.25, 0.3) is 5.65 Å². The van der Waals surface area contributed by atoms with E-state index in [0.29, 0.717) is 0 Å². The molecular formula is C17H27N5O. The van der Waals surface area contributed by atoms with Gasteiger partial charge in [-0.25, -0.2) is 4.98 Å². The van der Waals surface area contributed by atoms with Crippen LogP contribution in [0.2, 0.25) is 0 Å². The molecule has 2 N–H and O–H groups in total. The van der Waals surface area contributed by atoms with Crippen molar-refractivity contribution in [1.82, 2.24) is 20.0 Å². The molecule has 0 fully saturated rings. The molecule has 2 aromatic rings. The summed E-state index contributed by atoms with van der Waals surface area (Å²) in [6, 6.07) is 4.12. The zero-order valence-corrected chi connectivity index (χ0v) is 14.3. The summed E-state index contributed by atoms with van der Waals surface area (Å²) in [6.45, 7) is 7.29. The van der Waals surface area contributed by atoms with E-state index in [1.807, 2.05) is 19.2 Å². The second-order valence-electron chi connectivity index (χ2n) is 5.38. The number of nitrogens with one attached hydrogen (secondary N) is 2. The number of imidazole rings is 1. The molecule has 0 radical (unpaired) electrons. The average Bonchev–Trinajstić information content (AvgIpc) is 2.97. The predicted molar refractivity (Wildman–Crippen MR) is 94.1 cm³/mol. The number of ether oxygens (including phenoxy) is 1. The molecule has 0 saturated heterocycles. The van der Waals surface area contributed by atoms with Crippen LogP contribution in [-0.2, 0) is 11.2 Å². The summed E-state index contributed by atoms with van der Waals surface area (Å²) in [5, 5.41) is 6.60. The summed E-state index contributed by atoms with van der Waals surface area (Å²) in [6.07, 6.45) is 5.95. The summed E-state index contributed by atoms with van der Waals surface area (Å²) in [5.41, 5.74) is 3.30. The Bertz CT molecular complexity index is 635. The second kappa shape index (κ2) is 9.15. The van der Waals surface area contributed by atoms with E-state index in [2.05, 4.69) is 44.2 Å². The van der Waals surface area contributed by atoms with Crippen LogP contribution in [0.4, 0.5) is 0 Å². The van der Waals surface area contributed by atoms with Gasteiger partial charge in [-0.2, -0.15) is 0 Å². The van der Waals surface area contributed by atoms with Crippen molar-refractivity contribution in [3.05, 3.63) is 35.8 Å². The van der Waals surface area contributed by atoms with Gasteiger partial charge in [0.25, 0.3) is 0 Å². The third-order valence-corrected chi connectivity index (χ3v) is 3.59. The topological polar surface area (TPSA) is 63.0 Å². The zero-order chi connectivity index (χ0) is 16.5.